The zero-order chi connectivity index (χ0) is 15.1. The topological polar surface area (TPSA) is 81.4 Å². The molecule has 0 aromatic heterocycles. The molecule has 0 saturated heterocycles. The molecule has 1 rings (SSSR count). The normalized spacial score (nSPS) is 14.3. The van der Waals surface area contributed by atoms with Gasteiger partial charge in [-0.25, -0.2) is 0 Å². The van der Waals surface area contributed by atoms with Crippen molar-refractivity contribution >= 4 is 24.3 Å². The van der Waals surface area contributed by atoms with Crippen LogP contribution in [0.2, 0.25) is 0 Å². The Kier molecular flexibility index (Phi) is 8.66. The molecule has 1 aromatic rings. The summed E-state index contributed by atoms with van der Waals surface area (Å²) in [5.41, 5.74) is 6.48. The fourth-order valence-corrected chi connectivity index (χ4v) is 2.00. The van der Waals surface area contributed by atoms with Gasteiger partial charge in [0.15, 0.2) is 0 Å². The summed E-state index contributed by atoms with van der Waals surface area (Å²) in [5, 5.41) is 2.86. The number of carbonyl (C=O) groups excluding carboxylic acids is 2. The zero-order valence-corrected chi connectivity index (χ0v) is 13.4. The molecular weight excluding hydrogens is 292 g/mol. The molecule has 3 unspecified atom stereocenters. The number of carbonyl (C=O) groups is 2. The van der Waals surface area contributed by atoms with Crippen LogP contribution >= 0.6 is 12.4 Å². The zero-order valence-electron chi connectivity index (χ0n) is 12.5. The minimum absolute atomic E-state index is 0. The molecule has 21 heavy (non-hydrogen) atoms. The standard InChI is InChI=1S/C15H22N2O3.ClH/c1-10(16)9-13(18)17-14(11(2)15(19)20-3)12-7-5-4-6-8-12;/h4-8,10-11,14H,9,16H2,1-3H3,(H,17,18);1H. The molecule has 0 aliphatic carbocycles. The second-order valence-electron chi connectivity index (χ2n) is 4.95. The first kappa shape index (κ1) is 19.4. The number of rotatable bonds is 6. The number of ether oxygens (including phenoxy) is 1. The number of nitrogens with one attached hydrogen (secondary N) is 1. The van der Waals surface area contributed by atoms with E-state index in [-0.39, 0.29) is 36.7 Å². The Bertz CT molecular complexity index is 451. The molecule has 0 fully saturated rings. The van der Waals surface area contributed by atoms with Crippen LogP contribution in [0.5, 0.6) is 0 Å². The Morgan fingerprint density at radius 3 is 2.29 bits per heavy atom. The van der Waals surface area contributed by atoms with E-state index in [1.807, 2.05) is 30.3 Å². The van der Waals surface area contributed by atoms with Crippen LogP contribution in [0.4, 0.5) is 0 Å². The maximum atomic E-state index is 11.9. The first-order chi connectivity index (χ1) is 9.45. The summed E-state index contributed by atoms with van der Waals surface area (Å²) in [7, 11) is 1.34. The predicted molar refractivity (Wildman–Crippen MR) is 84.0 cm³/mol. The summed E-state index contributed by atoms with van der Waals surface area (Å²) in [5.74, 6) is -1.01. The van der Waals surface area contributed by atoms with Crippen LogP contribution in [0, 0.1) is 5.92 Å². The first-order valence-electron chi connectivity index (χ1n) is 6.63. The summed E-state index contributed by atoms with van der Waals surface area (Å²) < 4.78 is 4.76. The van der Waals surface area contributed by atoms with Gasteiger partial charge < -0.3 is 15.8 Å². The van der Waals surface area contributed by atoms with E-state index < -0.39 is 12.0 Å². The van der Waals surface area contributed by atoms with Gasteiger partial charge in [0.05, 0.1) is 19.1 Å². The average molecular weight is 315 g/mol. The molecule has 6 heteroatoms. The van der Waals surface area contributed by atoms with E-state index in [4.69, 9.17) is 10.5 Å². The van der Waals surface area contributed by atoms with Crippen molar-refractivity contribution in [2.75, 3.05) is 7.11 Å². The largest absolute Gasteiger partial charge is 0.469 e. The molecule has 3 N–H and O–H groups in total. The lowest BCUT2D eigenvalue weighted by Crippen LogP contribution is -2.38. The van der Waals surface area contributed by atoms with Gasteiger partial charge in [-0.2, -0.15) is 0 Å². The average Bonchev–Trinajstić information content (AvgIpc) is 2.43. The Labute approximate surface area is 131 Å². The van der Waals surface area contributed by atoms with E-state index in [0.717, 1.165) is 5.56 Å². The molecule has 0 spiro atoms. The predicted octanol–water partition coefficient (Wildman–Crippen LogP) is 1.81. The van der Waals surface area contributed by atoms with Gasteiger partial charge in [0.1, 0.15) is 0 Å². The minimum atomic E-state index is -0.473. The molecule has 1 aromatic carbocycles. The molecule has 0 radical (unpaired) electrons. The molecule has 0 heterocycles. The van der Waals surface area contributed by atoms with Crippen molar-refractivity contribution in [3.8, 4) is 0 Å². The second-order valence-corrected chi connectivity index (χ2v) is 4.95. The molecular formula is C15H23ClN2O3. The lowest BCUT2D eigenvalue weighted by atomic mass is 9.94. The molecule has 1 amide bonds. The van der Waals surface area contributed by atoms with Gasteiger partial charge in [-0.05, 0) is 19.4 Å². The molecule has 0 aliphatic rings. The Hall–Kier alpha value is -1.59. The Morgan fingerprint density at radius 2 is 1.81 bits per heavy atom. The monoisotopic (exact) mass is 314 g/mol. The summed E-state index contributed by atoms with van der Waals surface area (Å²) in [6.45, 7) is 3.50. The number of hydrogen-bond donors (Lipinski definition) is 2. The number of nitrogens with two attached hydrogens (primary N) is 1. The number of halogens is 1. The maximum Gasteiger partial charge on any atom is 0.310 e. The third-order valence-corrected chi connectivity index (χ3v) is 3.06. The third kappa shape index (κ3) is 6.14. The number of benzene rings is 1. The SMILES string of the molecule is COC(=O)C(C)C(NC(=O)CC(C)N)c1ccccc1.Cl. The number of amides is 1. The lowest BCUT2D eigenvalue weighted by molar-refractivity contribution is -0.146. The Morgan fingerprint density at radius 1 is 1.24 bits per heavy atom. The van der Waals surface area contributed by atoms with Crippen molar-refractivity contribution in [1.82, 2.24) is 5.32 Å². The van der Waals surface area contributed by atoms with E-state index in [0.29, 0.717) is 0 Å². The second kappa shape index (κ2) is 9.37. The van der Waals surface area contributed by atoms with Gasteiger partial charge in [0.2, 0.25) is 5.91 Å². The molecule has 3 atom stereocenters. The molecule has 0 saturated carbocycles. The van der Waals surface area contributed by atoms with E-state index in [1.165, 1.54) is 7.11 Å². The highest BCUT2D eigenvalue weighted by Crippen LogP contribution is 2.23. The molecule has 0 aliphatic heterocycles. The fraction of sp³-hybridized carbons (Fsp3) is 0.467. The van der Waals surface area contributed by atoms with Gasteiger partial charge in [0, 0.05) is 12.5 Å². The van der Waals surface area contributed by atoms with Crippen LogP contribution in [-0.2, 0) is 14.3 Å². The van der Waals surface area contributed by atoms with Crippen molar-refractivity contribution in [1.29, 1.82) is 0 Å². The summed E-state index contributed by atoms with van der Waals surface area (Å²) in [4.78, 5) is 23.6. The van der Waals surface area contributed by atoms with Crippen LogP contribution in [0.3, 0.4) is 0 Å². The highest BCUT2D eigenvalue weighted by atomic mass is 35.5. The van der Waals surface area contributed by atoms with Crippen LogP contribution < -0.4 is 11.1 Å². The van der Waals surface area contributed by atoms with Gasteiger partial charge in [-0.3, -0.25) is 9.59 Å². The Balaban J connectivity index is 0.00000400. The van der Waals surface area contributed by atoms with Crippen LogP contribution in [-0.4, -0.2) is 25.0 Å². The summed E-state index contributed by atoms with van der Waals surface area (Å²) >= 11 is 0. The van der Waals surface area contributed by atoms with Gasteiger partial charge in [0.25, 0.3) is 0 Å². The van der Waals surface area contributed by atoms with Gasteiger partial charge in [-0.15, -0.1) is 12.4 Å². The van der Waals surface area contributed by atoms with Crippen molar-refractivity contribution in [3.63, 3.8) is 0 Å². The smallest absolute Gasteiger partial charge is 0.310 e. The molecule has 118 valence electrons. The minimum Gasteiger partial charge on any atom is -0.469 e. The summed E-state index contributed by atoms with van der Waals surface area (Å²) in [6, 6.07) is 8.71. The van der Waals surface area contributed by atoms with E-state index in [9.17, 15) is 9.59 Å². The van der Waals surface area contributed by atoms with Crippen LogP contribution in [0.25, 0.3) is 0 Å². The number of hydrogen-bond acceptors (Lipinski definition) is 4. The van der Waals surface area contributed by atoms with Crippen molar-refractivity contribution < 1.29 is 14.3 Å². The van der Waals surface area contributed by atoms with E-state index >= 15 is 0 Å². The molecule has 5 nitrogen and oxygen atoms in total. The van der Waals surface area contributed by atoms with Crippen molar-refractivity contribution in [2.45, 2.75) is 32.4 Å². The van der Waals surface area contributed by atoms with Crippen molar-refractivity contribution in [3.05, 3.63) is 35.9 Å². The fourth-order valence-electron chi connectivity index (χ4n) is 2.00. The quantitative estimate of drug-likeness (QED) is 0.785. The third-order valence-electron chi connectivity index (χ3n) is 3.06. The highest BCUT2D eigenvalue weighted by molar-refractivity contribution is 5.85. The summed E-state index contributed by atoms with van der Waals surface area (Å²) in [6.07, 6.45) is 0.219. The van der Waals surface area contributed by atoms with E-state index in [2.05, 4.69) is 5.32 Å². The van der Waals surface area contributed by atoms with Crippen LogP contribution in [0.15, 0.2) is 30.3 Å². The maximum absolute atomic E-state index is 11.9. The highest BCUT2D eigenvalue weighted by Gasteiger charge is 2.27. The molecule has 0 bridgehead atoms. The number of methoxy groups -OCH3 is 1. The van der Waals surface area contributed by atoms with Gasteiger partial charge >= 0.3 is 5.97 Å². The van der Waals surface area contributed by atoms with Crippen LogP contribution in [0.1, 0.15) is 31.9 Å². The van der Waals surface area contributed by atoms with Gasteiger partial charge in [-0.1, -0.05) is 30.3 Å². The van der Waals surface area contributed by atoms with Crippen molar-refractivity contribution in [2.24, 2.45) is 11.7 Å². The van der Waals surface area contributed by atoms with E-state index in [1.54, 1.807) is 13.8 Å². The lowest BCUT2D eigenvalue weighted by Gasteiger charge is -2.24. The number of esters is 1. The first-order valence-corrected chi connectivity index (χ1v) is 6.63.